The Morgan fingerprint density at radius 1 is 1.41 bits per heavy atom. The molecule has 1 amide bonds. The fourth-order valence-corrected chi connectivity index (χ4v) is 2.66. The normalized spacial score (nSPS) is 20.2. The van der Waals surface area contributed by atoms with Gasteiger partial charge in [-0.25, -0.2) is 0 Å². The molecule has 0 aromatic carbocycles. The molecular formula is C13H26N2OS. The van der Waals surface area contributed by atoms with Gasteiger partial charge in [0.1, 0.15) is 0 Å². The second-order valence-electron chi connectivity index (χ2n) is 4.74. The molecule has 0 bridgehead atoms. The topological polar surface area (TPSA) is 41.1 Å². The first-order valence-corrected chi connectivity index (χ1v) is 8.21. The maximum absolute atomic E-state index is 11.6. The van der Waals surface area contributed by atoms with Gasteiger partial charge in [-0.3, -0.25) is 4.79 Å². The van der Waals surface area contributed by atoms with E-state index in [1.54, 1.807) is 0 Å². The van der Waals surface area contributed by atoms with E-state index in [0.717, 1.165) is 25.9 Å². The van der Waals surface area contributed by atoms with Crippen molar-refractivity contribution in [3.63, 3.8) is 0 Å². The van der Waals surface area contributed by atoms with E-state index in [2.05, 4.69) is 16.9 Å². The van der Waals surface area contributed by atoms with Gasteiger partial charge in [-0.05, 0) is 50.7 Å². The molecular weight excluding hydrogens is 232 g/mol. The number of rotatable bonds is 8. The zero-order valence-corrected chi connectivity index (χ0v) is 11.8. The number of thioether (sulfide) groups is 1. The summed E-state index contributed by atoms with van der Waals surface area (Å²) in [6, 6.07) is 0.575. The molecule has 0 spiro atoms. The first-order valence-electron chi connectivity index (χ1n) is 6.82. The molecule has 17 heavy (non-hydrogen) atoms. The summed E-state index contributed by atoms with van der Waals surface area (Å²) < 4.78 is 0. The van der Waals surface area contributed by atoms with Crippen molar-refractivity contribution in [3.8, 4) is 0 Å². The van der Waals surface area contributed by atoms with Gasteiger partial charge >= 0.3 is 0 Å². The van der Waals surface area contributed by atoms with Gasteiger partial charge in [-0.15, -0.1) is 0 Å². The highest BCUT2D eigenvalue weighted by Gasteiger charge is 2.13. The molecule has 0 radical (unpaired) electrons. The van der Waals surface area contributed by atoms with Crippen LogP contribution in [-0.2, 0) is 4.79 Å². The zero-order chi connectivity index (χ0) is 12.3. The number of carbonyl (C=O) groups is 1. The Morgan fingerprint density at radius 3 is 3.00 bits per heavy atom. The van der Waals surface area contributed by atoms with E-state index < -0.39 is 0 Å². The van der Waals surface area contributed by atoms with Gasteiger partial charge in [-0.1, -0.05) is 6.42 Å². The summed E-state index contributed by atoms with van der Waals surface area (Å²) in [6.07, 6.45) is 9.94. The number of nitrogens with one attached hydrogen (secondary N) is 2. The smallest absolute Gasteiger partial charge is 0.220 e. The number of hydrogen-bond donors (Lipinski definition) is 2. The lowest BCUT2D eigenvalue weighted by molar-refractivity contribution is -0.121. The number of piperidine rings is 1. The largest absolute Gasteiger partial charge is 0.356 e. The van der Waals surface area contributed by atoms with Crippen molar-refractivity contribution in [1.82, 2.24) is 10.6 Å². The molecule has 3 nitrogen and oxygen atoms in total. The van der Waals surface area contributed by atoms with Gasteiger partial charge in [0.05, 0.1) is 0 Å². The van der Waals surface area contributed by atoms with Gasteiger partial charge in [0.15, 0.2) is 0 Å². The van der Waals surface area contributed by atoms with E-state index >= 15 is 0 Å². The third-order valence-electron chi connectivity index (χ3n) is 3.23. The Balaban J connectivity index is 1.93. The van der Waals surface area contributed by atoms with E-state index in [0.29, 0.717) is 12.5 Å². The second kappa shape index (κ2) is 9.77. The molecule has 0 aromatic rings. The molecule has 1 rings (SSSR count). The first-order chi connectivity index (χ1) is 8.33. The Bertz CT molecular complexity index is 206. The molecule has 1 heterocycles. The van der Waals surface area contributed by atoms with Crippen molar-refractivity contribution < 1.29 is 4.79 Å². The summed E-state index contributed by atoms with van der Waals surface area (Å²) in [5.41, 5.74) is 0. The van der Waals surface area contributed by atoms with Crippen LogP contribution in [0.1, 0.15) is 44.9 Å². The molecule has 1 aliphatic heterocycles. The van der Waals surface area contributed by atoms with Crippen molar-refractivity contribution in [2.24, 2.45) is 0 Å². The van der Waals surface area contributed by atoms with E-state index in [4.69, 9.17) is 0 Å². The van der Waals surface area contributed by atoms with Gasteiger partial charge < -0.3 is 10.6 Å². The minimum Gasteiger partial charge on any atom is -0.356 e. The van der Waals surface area contributed by atoms with Crippen LogP contribution in [0, 0.1) is 0 Å². The molecule has 1 unspecified atom stereocenters. The predicted molar refractivity (Wildman–Crippen MR) is 75.5 cm³/mol. The summed E-state index contributed by atoms with van der Waals surface area (Å²) in [5, 5.41) is 6.48. The lowest BCUT2D eigenvalue weighted by Crippen LogP contribution is -2.35. The highest BCUT2D eigenvalue weighted by molar-refractivity contribution is 7.98. The van der Waals surface area contributed by atoms with Crippen molar-refractivity contribution >= 4 is 17.7 Å². The number of hydrogen-bond acceptors (Lipinski definition) is 3. The molecule has 1 atom stereocenters. The van der Waals surface area contributed by atoms with E-state index in [1.807, 2.05) is 11.8 Å². The number of carbonyl (C=O) groups excluding carboxylic acids is 1. The van der Waals surface area contributed by atoms with Crippen molar-refractivity contribution in [2.75, 3.05) is 25.1 Å². The average Bonchev–Trinajstić information content (AvgIpc) is 2.37. The van der Waals surface area contributed by atoms with Crippen LogP contribution in [-0.4, -0.2) is 37.0 Å². The highest BCUT2D eigenvalue weighted by Crippen LogP contribution is 2.11. The van der Waals surface area contributed by atoms with Crippen molar-refractivity contribution in [2.45, 2.75) is 51.0 Å². The van der Waals surface area contributed by atoms with E-state index in [-0.39, 0.29) is 5.91 Å². The maximum Gasteiger partial charge on any atom is 0.220 e. The molecule has 1 saturated heterocycles. The molecule has 2 N–H and O–H groups in total. The quantitative estimate of drug-likeness (QED) is 0.656. The lowest BCUT2D eigenvalue weighted by atomic mass is 10.0. The van der Waals surface area contributed by atoms with Crippen LogP contribution in [0.5, 0.6) is 0 Å². The second-order valence-corrected chi connectivity index (χ2v) is 5.72. The fraction of sp³-hybridized carbons (Fsp3) is 0.923. The van der Waals surface area contributed by atoms with Crippen LogP contribution in [0.2, 0.25) is 0 Å². The standard InChI is InChI=1S/C13H26N2OS/c1-17-11-5-4-10-15-13(16)8-7-12-6-2-3-9-14-12/h12,14H,2-11H2,1H3,(H,15,16). The Labute approximate surface area is 109 Å². The molecule has 0 saturated carbocycles. The van der Waals surface area contributed by atoms with Crippen LogP contribution >= 0.6 is 11.8 Å². The number of amides is 1. The van der Waals surface area contributed by atoms with E-state index in [9.17, 15) is 4.79 Å². The Hall–Kier alpha value is -0.220. The van der Waals surface area contributed by atoms with Gasteiger partial charge in [-0.2, -0.15) is 11.8 Å². The number of unbranched alkanes of at least 4 members (excludes halogenated alkanes) is 1. The van der Waals surface area contributed by atoms with Gasteiger partial charge in [0.2, 0.25) is 5.91 Å². The molecule has 0 aromatic heterocycles. The van der Waals surface area contributed by atoms with Crippen molar-refractivity contribution in [1.29, 1.82) is 0 Å². The summed E-state index contributed by atoms with van der Waals surface area (Å²) in [7, 11) is 0. The monoisotopic (exact) mass is 258 g/mol. The van der Waals surface area contributed by atoms with Crippen molar-refractivity contribution in [3.05, 3.63) is 0 Å². The lowest BCUT2D eigenvalue weighted by Gasteiger charge is -2.23. The third-order valence-corrected chi connectivity index (χ3v) is 3.93. The fourth-order valence-electron chi connectivity index (χ4n) is 2.16. The minimum atomic E-state index is 0.224. The highest BCUT2D eigenvalue weighted by atomic mass is 32.2. The summed E-state index contributed by atoms with van der Waals surface area (Å²) in [4.78, 5) is 11.6. The SMILES string of the molecule is CSCCCCNC(=O)CCC1CCCCN1. The molecule has 1 fully saturated rings. The summed E-state index contributed by atoms with van der Waals surface area (Å²) in [6.45, 7) is 1.97. The summed E-state index contributed by atoms with van der Waals surface area (Å²) in [5.74, 6) is 1.42. The Morgan fingerprint density at radius 2 is 2.29 bits per heavy atom. The Kier molecular flexibility index (Phi) is 8.53. The van der Waals surface area contributed by atoms with Crippen LogP contribution in [0.15, 0.2) is 0 Å². The first kappa shape index (κ1) is 14.8. The van der Waals surface area contributed by atoms with Crippen LogP contribution in [0.25, 0.3) is 0 Å². The maximum atomic E-state index is 11.6. The zero-order valence-electron chi connectivity index (χ0n) is 11.0. The molecule has 100 valence electrons. The minimum absolute atomic E-state index is 0.224. The average molecular weight is 258 g/mol. The van der Waals surface area contributed by atoms with Crippen LogP contribution < -0.4 is 10.6 Å². The summed E-state index contributed by atoms with van der Waals surface area (Å²) >= 11 is 1.87. The van der Waals surface area contributed by atoms with E-state index in [1.165, 1.54) is 31.4 Å². The van der Waals surface area contributed by atoms with Gasteiger partial charge in [0.25, 0.3) is 0 Å². The molecule has 4 heteroatoms. The van der Waals surface area contributed by atoms with Gasteiger partial charge in [0, 0.05) is 19.0 Å². The van der Waals surface area contributed by atoms with Crippen LogP contribution in [0.4, 0.5) is 0 Å². The predicted octanol–water partition coefficient (Wildman–Crippen LogP) is 2.17. The molecule has 0 aliphatic carbocycles. The molecule has 1 aliphatic rings. The third kappa shape index (κ3) is 7.66. The van der Waals surface area contributed by atoms with Crippen LogP contribution in [0.3, 0.4) is 0 Å².